The van der Waals surface area contributed by atoms with Gasteiger partial charge in [-0.05, 0) is 18.1 Å². The molecule has 2 nitrogen and oxygen atoms in total. The second kappa shape index (κ2) is 3.39. The Labute approximate surface area is 73.2 Å². The van der Waals surface area contributed by atoms with Crippen LogP contribution in [0.15, 0.2) is 19.5 Å². The Bertz CT molecular complexity index is 308. The van der Waals surface area contributed by atoms with Crippen molar-refractivity contribution < 1.29 is 0 Å². The number of hydrogen-bond donors (Lipinski definition) is 0. The van der Waals surface area contributed by atoms with Gasteiger partial charge in [-0.3, -0.25) is 0 Å². The minimum atomic E-state index is 0.928. The normalized spacial score (nSPS) is 9.83. The van der Waals surface area contributed by atoms with Crippen LogP contribution in [0.2, 0.25) is 0 Å². The highest BCUT2D eigenvalue weighted by Crippen LogP contribution is 2.18. The van der Waals surface area contributed by atoms with Crippen molar-refractivity contribution >= 4 is 11.6 Å². The number of aryl methyl sites for hydroxylation is 1. The summed E-state index contributed by atoms with van der Waals surface area (Å²) in [6.45, 7) is 9.75. The van der Waals surface area contributed by atoms with Crippen LogP contribution in [0.25, 0.3) is 11.6 Å². The highest BCUT2D eigenvalue weighted by molar-refractivity contribution is 5.67. The van der Waals surface area contributed by atoms with Gasteiger partial charge < -0.3 is 4.57 Å². The van der Waals surface area contributed by atoms with Crippen molar-refractivity contribution in [1.29, 1.82) is 0 Å². The second-order valence-electron chi connectivity index (χ2n) is 2.75. The summed E-state index contributed by atoms with van der Waals surface area (Å²) in [6.07, 6.45) is 4.52. The SMILES string of the molecule is C=Cc1c(C(=C)CC)ncn1C. The quantitative estimate of drug-likeness (QED) is 0.667. The maximum Gasteiger partial charge on any atom is 0.0955 e. The van der Waals surface area contributed by atoms with Gasteiger partial charge in [0.05, 0.1) is 17.7 Å². The molecular formula is C10H14N2. The molecule has 0 amide bonds. The second-order valence-corrected chi connectivity index (χ2v) is 2.75. The van der Waals surface area contributed by atoms with E-state index < -0.39 is 0 Å². The number of hydrogen-bond acceptors (Lipinski definition) is 1. The molecule has 0 bridgehead atoms. The Morgan fingerprint density at radius 2 is 2.42 bits per heavy atom. The van der Waals surface area contributed by atoms with Gasteiger partial charge >= 0.3 is 0 Å². The van der Waals surface area contributed by atoms with E-state index in [1.165, 1.54) is 0 Å². The van der Waals surface area contributed by atoms with E-state index in [1.807, 2.05) is 17.7 Å². The third-order valence-electron chi connectivity index (χ3n) is 1.94. The van der Waals surface area contributed by atoms with E-state index in [0.29, 0.717) is 0 Å². The zero-order valence-electron chi connectivity index (χ0n) is 7.67. The molecule has 1 aromatic rings. The first-order valence-electron chi connectivity index (χ1n) is 4.02. The lowest BCUT2D eigenvalue weighted by atomic mass is 10.1. The minimum Gasteiger partial charge on any atom is -0.334 e. The highest BCUT2D eigenvalue weighted by Gasteiger charge is 2.06. The largest absolute Gasteiger partial charge is 0.334 e. The zero-order valence-corrected chi connectivity index (χ0v) is 7.67. The molecule has 0 aromatic carbocycles. The Hall–Kier alpha value is -1.31. The van der Waals surface area contributed by atoms with Crippen molar-refractivity contribution in [2.24, 2.45) is 7.05 Å². The van der Waals surface area contributed by atoms with Gasteiger partial charge in [0.25, 0.3) is 0 Å². The number of aromatic nitrogens is 2. The third-order valence-corrected chi connectivity index (χ3v) is 1.94. The fraction of sp³-hybridized carbons (Fsp3) is 0.300. The van der Waals surface area contributed by atoms with Gasteiger partial charge in [0, 0.05) is 7.05 Å². The monoisotopic (exact) mass is 162 g/mol. The first-order valence-corrected chi connectivity index (χ1v) is 4.02. The Kier molecular flexibility index (Phi) is 2.48. The van der Waals surface area contributed by atoms with E-state index in [1.54, 1.807) is 6.33 Å². The molecule has 12 heavy (non-hydrogen) atoms. The van der Waals surface area contributed by atoms with Crippen LogP contribution in [-0.4, -0.2) is 9.55 Å². The summed E-state index contributed by atoms with van der Waals surface area (Å²) in [5.74, 6) is 0. The van der Waals surface area contributed by atoms with E-state index >= 15 is 0 Å². The van der Waals surface area contributed by atoms with Gasteiger partial charge in [-0.2, -0.15) is 0 Å². The van der Waals surface area contributed by atoms with Gasteiger partial charge in [0.2, 0.25) is 0 Å². The molecule has 1 rings (SSSR count). The predicted molar refractivity (Wildman–Crippen MR) is 52.6 cm³/mol. The molecule has 0 aliphatic carbocycles. The van der Waals surface area contributed by atoms with Gasteiger partial charge in [-0.15, -0.1) is 0 Å². The summed E-state index contributed by atoms with van der Waals surface area (Å²) >= 11 is 0. The Morgan fingerprint density at radius 1 is 1.75 bits per heavy atom. The number of nitrogens with zero attached hydrogens (tertiary/aromatic N) is 2. The van der Waals surface area contributed by atoms with Crippen LogP contribution in [0.3, 0.4) is 0 Å². The van der Waals surface area contributed by atoms with Gasteiger partial charge in [0.15, 0.2) is 0 Å². The first kappa shape index (κ1) is 8.78. The number of imidazole rings is 1. The molecule has 0 spiro atoms. The van der Waals surface area contributed by atoms with Crippen molar-refractivity contribution in [1.82, 2.24) is 9.55 Å². The molecule has 0 unspecified atom stereocenters. The van der Waals surface area contributed by atoms with Gasteiger partial charge in [-0.25, -0.2) is 4.98 Å². The molecule has 0 fully saturated rings. The third kappa shape index (κ3) is 1.33. The van der Waals surface area contributed by atoms with Gasteiger partial charge in [0.1, 0.15) is 0 Å². The standard InChI is InChI=1S/C10H14N2/c1-5-8(3)10-9(6-2)12(4)7-11-10/h6-7H,2-3,5H2,1,4H3. The van der Waals surface area contributed by atoms with Crippen molar-refractivity contribution in [3.05, 3.63) is 30.9 Å². The molecule has 0 saturated carbocycles. The van der Waals surface area contributed by atoms with Crippen LogP contribution in [0.5, 0.6) is 0 Å². The van der Waals surface area contributed by atoms with Crippen molar-refractivity contribution in [3.63, 3.8) is 0 Å². The van der Waals surface area contributed by atoms with E-state index in [2.05, 4.69) is 25.1 Å². The van der Waals surface area contributed by atoms with Crippen LogP contribution in [-0.2, 0) is 7.05 Å². The highest BCUT2D eigenvalue weighted by atomic mass is 15.0. The molecule has 2 heteroatoms. The summed E-state index contributed by atoms with van der Waals surface area (Å²) in [6, 6.07) is 0. The number of rotatable bonds is 3. The molecule has 0 aliphatic rings. The van der Waals surface area contributed by atoms with Crippen LogP contribution in [0, 0.1) is 0 Å². The topological polar surface area (TPSA) is 17.8 Å². The summed E-state index contributed by atoms with van der Waals surface area (Å²) < 4.78 is 1.95. The fourth-order valence-corrected chi connectivity index (χ4v) is 1.12. The molecule has 0 saturated heterocycles. The average Bonchev–Trinajstić information content (AvgIpc) is 2.45. The van der Waals surface area contributed by atoms with Crippen molar-refractivity contribution in [2.45, 2.75) is 13.3 Å². The van der Waals surface area contributed by atoms with E-state index in [4.69, 9.17) is 0 Å². The fourth-order valence-electron chi connectivity index (χ4n) is 1.12. The zero-order chi connectivity index (χ0) is 9.14. The molecule has 1 aromatic heterocycles. The molecular weight excluding hydrogens is 148 g/mol. The molecule has 0 N–H and O–H groups in total. The van der Waals surface area contributed by atoms with Crippen molar-refractivity contribution in [2.75, 3.05) is 0 Å². The van der Waals surface area contributed by atoms with E-state index in [9.17, 15) is 0 Å². The summed E-state index contributed by atoms with van der Waals surface area (Å²) in [7, 11) is 1.95. The predicted octanol–water partition coefficient (Wildman–Crippen LogP) is 2.49. The van der Waals surface area contributed by atoms with E-state index in [-0.39, 0.29) is 0 Å². The molecule has 0 atom stereocenters. The Morgan fingerprint density at radius 3 is 2.92 bits per heavy atom. The van der Waals surface area contributed by atoms with Crippen LogP contribution >= 0.6 is 0 Å². The van der Waals surface area contributed by atoms with Gasteiger partial charge in [-0.1, -0.05) is 20.1 Å². The molecule has 64 valence electrons. The van der Waals surface area contributed by atoms with Crippen molar-refractivity contribution in [3.8, 4) is 0 Å². The molecule has 0 aliphatic heterocycles. The van der Waals surface area contributed by atoms with Crippen LogP contribution < -0.4 is 0 Å². The lowest BCUT2D eigenvalue weighted by Gasteiger charge is -2.00. The minimum absolute atomic E-state index is 0.928. The maximum absolute atomic E-state index is 4.25. The maximum atomic E-state index is 4.25. The average molecular weight is 162 g/mol. The first-order chi connectivity index (χ1) is 5.70. The molecule has 1 heterocycles. The smallest absolute Gasteiger partial charge is 0.0955 e. The lowest BCUT2D eigenvalue weighted by molar-refractivity contribution is 0.902. The summed E-state index contributed by atoms with van der Waals surface area (Å²) in [5, 5.41) is 0. The summed E-state index contributed by atoms with van der Waals surface area (Å²) in [5.41, 5.74) is 3.07. The summed E-state index contributed by atoms with van der Waals surface area (Å²) in [4.78, 5) is 4.25. The van der Waals surface area contributed by atoms with E-state index in [0.717, 1.165) is 23.4 Å². The van der Waals surface area contributed by atoms with Crippen LogP contribution in [0.4, 0.5) is 0 Å². The number of allylic oxidation sites excluding steroid dienone is 1. The Balaban J connectivity index is 3.15. The lowest BCUT2D eigenvalue weighted by Crippen LogP contribution is -1.91. The van der Waals surface area contributed by atoms with Crippen LogP contribution in [0.1, 0.15) is 24.7 Å². The molecule has 0 radical (unpaired) electrons.